The zero-order valence-electron chi connectivity index (χ0n) is 9.70. The smallest absolute Gasteiger partial charge is 0.0951 e. The number of rotatable bonds is 3. The van der Waals surface area contributed by atoms with Crippen LogP contribution in [-0.2, 0) is 0 Å². The zero-order valence-corrected chi connectivity index (χ0v) is 9.70. The molecule has 16 heavy (non-hydrogen) atoms. The Morgan fingerprint density at radius 2 is 2.12 bits per heavy atom. The van der Waals surface area contributed by atoms with Crippen molar-refractivity contribution in [3.05, 3.63) is 30.5 Å². The Hall–Kier alpha value is -1.77. The number of anilines is 2. The summed E-state index contributed by atoms with van der Waals surface area (Å²) in [5, 5.41) is 4.51. The Kier molecular flexibility index (Phi) is 2.95. The van der Waals surface area contributed by atoms with Crippen LogP contribution in [0.4, 0.5) is 11.4 Å². The predicted octanol–water partition coefficient (Wildman–Crippen LogP) is 2.88. The molecule has 2 aromatic rings. The molecule has 3 N–H and O–H groups in total. The number of nitrogens with two attached hydrogens (primary N) is 1. The van der Waals surface area contributed by atoms with Gasteiger partial charge in [0.1, 0.15) is 0 Å². The Morgan fingerprint density at radius 3 is 2.88 bits per heavy atom. The molecule has 0 unspecified atom stereocenters. The summed E-state index contributed by atoms with van der Waals surface area (Å²) in [6.45, 7) is 5.32. The molecule has 1 aromatic heterocycles. The van der Waals surface area contributed by atoms with Gasteiger partial charge < -0.3 is 11.1 Å². The lowest BCUT2D eigenvalue weighted by Gasteiger charge is -2.11. The number of nitrogen functional groups attached to an aromatic ring is 1. The first-order chi connectivity index (χ1) is 7.68. The SMILES string of the molecule is CC(C)CNc1ccnc2c(N)cccc12. The topological polar surface area (TPSA) is 50.9 Å². The second kappa shape index (κ2) is 4.39. The Bertz CT molecular complexity index is 492. The van der Waals surface area contributed by atoms with E-state index in [-0.39, 0.29) is 0 Å². The van der Waals surface area contributed by atoms with Crippen LogP contribution in [0.1, 0.15) is 13.8 Å². The number of nitrogens with zero attached hydrogens (tertiary/aromatic N) is 1. The Labute approximate surface area is 95.7 Å². The number of para-hydroxylation sites is 1. The maximum Gasteiger partial charge on any atom is 0.0951 e. The molecule has 0 saturated heterocycles. The van der Waals surface area contributed by atoms with Crippen molar-refractivity contribution in [1.82, 2.24) is 4.98 Å². The first kappa shape index (κ1) is 10.7. The maximum absolute atomic E-state index is 5.89. The zero-order chi connectivity index (χ0) is 11.5. The van der Waals surface area contributed by atoms with Crippen LogP contribution >= 0.6 is 0 Å². The Morgan fingerprint density at radius 1 is 1.31 bits per heavy atom. The average Bonchev–Trinajstić information content (AvgIpc) is 2.27. The van der Waals surface area contributed by atoms with Crippen LogP contribution < -0.4 is 11.1 Å². The number of fused-ring (bicyclic) bond motifs is 1. The third-order valence-electron chi connectivity index (χ3n) is 2.50. The van der Waals surface area contributed by atoms with E-state index in [1.165, 1.54) is 0 Å². The molecule has 0 atom stereocenters. The lowest BCUT2D eigenvalue weighted by molar-refractivity contribution is 0.689. The van der Waals surface area contributed by atoms with E-state index in [2.05, 4.69) is 24.1 Å². The van der Waals surface area contributed by atoms with Gasteiger partial charge in [0, 0.05) is 23.8 Å². The average molecular weight is 215 g/mol. The van der Waals surface area contributed by atoms with Gasteiger partial charge in [0.25, 0.3) is 0 Å². The third kappa shape index (κ3) is 2.08. The highest BCUT2D eigenvalue weighted by Crippen LogP contribution is 2.25. The molecule has 0 fully saturated rings. The summed E-state index contributed by atoms with van der Waals surface area (Å²) in [6, 6.07) is 7.87. The van der Waals surface area contributed by atoms with Crippen LogP contribution in [0.2, 0.25) is 0 Å². The molecular weight excluding hydrogens is 198 g/mol. The summed E-state index contributed by atoms with van der Waals surface area (Å²) < 4.78 is 0. The van der Waals surface area contributed by atoms with E-state index in [1.54, 1.807) is 6.20 Å². The molecule has 3 heteroatoms. The van der Waals surface area contributed by atoms with Crippen LogP contribution in [0.3, 0.4) is 0 Å². The van der Waals surface area contributed by atoms with Crippen molar-refractivity contribution in [1.29, 1.82) is 0 Å². The Balaban J connectivity index is 2.42. The molecule has 0 bridgehead atoms. The number of hydrogen-bond acceptors (Lipinski definition) is 3. The monoisotopic (exact) mass is 215 g/mol. The lowest BCUT2D eigenvalue weighted by atomic mass is 10.1. The largest absolute Gasteiger partial charge is 0.397 e. The van der Waals surface area contributed by atoms with Crippen LogP contribution in [0.25, 0.3) is 10.9 Å². The van der Waals surface area contributed by atoms with Gasteiger partial charge in [0.15, 0.2) is 0 Å². The summed E-state index contributed by atoms with van der Waals surface area (Å²) in [7, 11) is 0. The highest BCUT2D eigenvalue weighted by atomic mass is 14.9. The summed E-state index contributed by atoms with van der Waals surface area (Å²) in [5.41, 5.74) is 8.59. The molecule has 1 aromatic carbocycles. The van der Waals surface area contributed by atoms with Crippen molar-refractivity contribution >= 4 is 22.3 Å². The second-order valence-corrected chi connectivity index (χ2v) is 4.38. The summed E-state index contributed by atoms with van der Waals surface area (Å²) >= 11 is 0. The standard InChI is InChI=1S/C13H17N3/c1-9(2)8-16-12-6-7-15-13-10(12)4-3-5-11(13)14/h3-7,9H,8,14H2,1-2H3,(H,15,16). The van der Waals surface area contributed by atoms with E-state index in [4.69, 9.17) is 5.73 Å². The fraction of sp³-hybridized carbons (Fsp3) is 0.308. The van der Waals surface area contributed by atoms with Gasteiger partial charge in [-0.15, -0.1) is 0 Å². The number of hydrogen-bond donors (Lipinski definition) is 2. The van der Waals surface area contributed by atoms with E-state index >= 15 is 0 Å². The molecule has 0 spiro atoms. The van der Waals surface area contributed by atoms with E-state index in [1.807, 2.05) is 24.3 Å². The number of pyridine rings is 1. The number of nitrogens with one attached hydrogen (secondary N) is 1. The van der Waals surface area contributed by atoms with Crippen LogP contribution in [0.5, 0.6) is 0 Å². The van der Waals surface area contributed by atoms with Gasteiger partial charge in [0.05, 0.1) is 11.2 Å². The second-order valence-electron chi connectivity index (χ2n) is 4.38. The van der Waals surface area contributed by atoms with E-state index < -0.39 is 0 Å². The van der Waals surface area contributed by atoms with Gasteiger partial charge in [-0.05, 0) is 18.1 Å². The summed E-state index contributed by atoms with van der Waals surface area (Å²) in [5.74, 6) is 0.615. The molecule has 0 radical (unpaired) electrons. The highest BCUT2D eigenvalue weighted by molar-refractivity contribution is 5.97. The van der Waals surface area contributed by atoms with Crippen molar-refractivity contribution in [3.63, 3.8) is 0 Å². The van der Waals surface area contributed by atoms with E-state index in [0.717, 1.165) is 28.8 Å². The maximum atomic E-state index is 5.89. The fourth-order valence-electron chi connectivity index (χ4n) is 1.67. The van der Waals surface area contributed by atoms with Gasteiger partial charge >= 0.3 is 0 Å². The van der Waals surface area contributed by atoms with Crippen molar-refractivity contribution < 1.29 is 0 Å². The predicted molar refractivity (Wildman–Crippen MR) is 69.5 cm³/mol. The first-order valence-electron chi connectivity index (χ1n) is 5.55. The molecule has 0 aliphatic heterocycles. The summed E-state index contributed by atoms with van der Waals surface area (Å²) in [4.78, 5) is 4.30. The van der Waals surface area contributed by atoms with Crippen molar-refractivity contribution in [2.75, 3.05) is 17.6 Å². The van der Waals surface area contributed by atoms with Crippen LogP contribution in [0.15, 0.2) is 30.5 Å². The minimum atomic E-state index is 0.615. The quantitative estimate of drug-likeness (QED) is 0.774. The molecule has 2 rings (SSSR count). The van der Waals surface area contributed by atoms with Gasteiger partial charge in [-0.3, -0.25) is 4.98 Å². The fourth-order valence-corrected chi connectivity index (χ4v) is 1.67. The molecule has 1 heterocycles. The highest BCUT2D eigenvalue weighted by Gasteiger charge is 2.04. The van der Waals surface area contributed by atoms with E-state index in [0.29, 0.717) is 5.92 Å². The van der Waals surface area contributed by atoms with Crippen molar-refractivity contribution in [3.8, 4) is 0 Å². The van der Waals surface area contributed by atoms with Crippen LogP contribution in [-0.4, -0.2) is 11.5 Å². The van der Waals surface area contributed by atoms with E-state index in [9.17, 15) is 0 Å². The molecule has 0 aliphatic rings. The molecule has 84 valence electrons. The van der Waals surface area contributed by atoms with Gasteiger partial charge in [-0.1, -0.05) is 26.0 Å². The van der Waals surface area contributed by atoms with Crippen molar-refractivity contribution in [2.24, 2.45) is 5.92 Å². The minimum absolute atomic E-state index is 0.615. The number of aromatic nitrogens is 1. The normalized spacial score (nSPS) is 10.9. The molecule has 3 nitrogen and oxygen atoms in total. The first-order valence-corrected chi connectivity index (χ1v) is 5.55. The molecular formula is C13H17N3. The van der Waals surface area contributed by atoms with Crippen LogP contribution in [0, 0.1) is 5.92 Å². The third-order valence-corrected chi connectivity index (χ3v) is 2.50. The minimum Gasteiger partial charge on any atom is -0.397 e. The van der Waals surface area contributed by atoms with Gasteiger partial charge in [-0.2, -0.15) is 0 Å². The molecule has 0 amide bonds. The van der Waals surface area contributed by atoms with Gasteiger partial charge in [-0.25, -0.2) is 0 Å². The van der Waals surface area contributed by atoms with Gasteiger partial charge in [0.2, 0.25) is 0 Å². The van der Waals surface area contributed by atoms with Crippen molar-refractivity contribution in [2.45, 2.75) is 13.8 Å². The summed E-state index contributed by atoms with van der Waals surface area (Å²) in [6.07, 6.45) is 1.79. The lowest BCUT2D eigenvalue weighted by Crippen LogP contribution is -2.08. The molecule has 0 aliphatic carbocycles. The molecule has 0 saturated carbocycles. The number of benzene rings is 1.